The Balaban J connectivity index is 1.53. The third-order valence-corrected chi connectivity index (χ3v) is 7.11. The van der Waals surface area contributed by atoms with Crippen molar-refractivity contribution in [3.05, 3.63) is 65.2 Å². The van der Waals surface area contributed by atoms with Gasteiger partial charge in [0.05, 0.1) is 18.2 Å². The Morgan fingerprint density at radius 2 is 1.71 bits per heavy atom. The topological polar surface area (TPSA) is 53.1 Å². The maximum atomic E-state index is 13.7. The number of benzene rings is 2. The van der Waals surface area contributed by atoms with Crippen molar-refractivity contribution in [2.75, 3.05) is 39.8 Å². The highest BCUT2D eigenvalue weighted by Gasteiger charge is 2.29. The summed E-state index contributed by atoms with van der Waals surface area (Å²) < 4.78 is 6.25. The molecule has 2 heterocycles. The summed E-state index contributed by atoms with van der Waals surface area (Å²) in [5.74, 6) is 1.18. The molecule has 2 aromatic carbocycles. The van der Waals surface area contributed by atoms with E-state index in [4.69, 9.17) is 4.74 Å². The van der Waals surface area contributed by atoms with E-state index in [1.165, 1.54) is 11.1 Å². The van der Waals surface area contributed by atoms with E-state index in [2.05, 4.69) is 47.9 Å². The monoisotopic (exact) mass is 477 g/mol. The van der Waals surface area contributed by atoms with Crippen LogP contribution in [0, 0.1) is 5.92 Å². The number of carbonyl (C=O) groups excluding carboxylic acids is 2. The molecule has 35 heavy (non-hydrogen) atoms. The summed E-state index contributed by atoms with van der Waals surface area (Å²) in [5, 5.41) is 0. The van der Waals surface area contributed by atoms with Crippen LogP contribution in [0.3, 0.4) is 0 Å². The SMILES string of the molecule is CC(C)C[C@H]1COc2ccccc2C(=O)N(C)CCCCN1C(=O)CN1CCc2ccccc2C1. The Labute approximate surface area is 209 Å². The van der Waals surface area contributed by atoms with Crippen molar-refractivity contribution < 1.29 is 14.3 Å². The number of rotatable bonds is 4. The molecule has 2 aromatic rings. The molecule has 2 aliphatic rings. The molecule has 2 aliphatic heterocycles. The van der Waals surface area contributed by atoms with Gasteiger partial charge in [0.2, 0.25) is 5.91 Å². The third-order valence-electron chi connectivity index (χ3n) is 7.11. The van der Waals surface area contributed by atoms with Gasteiger partial charge in [-0.05, 0) is 54.9 Å². The van der Waals surface area contributed by atoms with Crippen LogP contribution in [0.2, 0.25) is 0 Å². The van der Waals surface area contributed by atoms with E-state index in [-0.39, 0.29) is 17.9 Å². The molecule has 0 saturated heterocycles. The second-order valence-electron chi connectivity index (χ2n) is 10.3. The number of ether oxygens (including phenoxy) is 1. The first-order chi connectivity index (χ1) is 16.9. The van der Waals surface area contributed by atoms with Crippen LogP contribution < -0.4 is 4.74 Å². The van der Waals surface area contributed by atoms with Gasteiger partial charge < -0.3 is 14.5 Å². The second kappa shape index (κ2) is 11.7. The van der Waals surface area contributed by atoms with Crippen molar-refractivity contribution in [1.82, 2.24) is 14.7 Å². The van der Waals surface area contributed by atoms with Gasteiger partial charge in [0.15, 0.2) is 0 Å². The Hall–Kier alpha value is -2.86. The lowest BCUT2D eigenvalue weighted by atomic mass is 9.99. The van der Waals surface area contributed by atoms with Crippen LogP contribution in [0.1, 0.15) is 54.6 Å². The summed E-state index contributed by atoms with van der Waals surface area (Å²) in [6, 6.07) is 16.0. The van der Waals surface area contributed by atoms with Crippen molar-refractivity contribution in [3.63, 3.8) is 0 Å². The van der Waals surface area contributed by atoms with E-state index in [9.17, 15) is 9.59 Å². The minimum absolute atomic E-state index is 0.0140. The van der Waals surface area contributed by atoms with Crippen molar-refractivity contribution >= 4 is 11.8 Å². The lowest BCUT2D eigenvalue weighted by Crippen LogP contribution is -2.49. The van der Waals surface area contributed by atoms with Gasteiger partial charge in [-0.1, -0.05) is 50.2 Å². The second-order valence-corrected chi connectivity index (χ2v) is 10.3. The normalized spacial score (nSPS) is 19.9. The highest BCUT2D eigenvalue weighted by Crippen LogP contribution is 2.24. The smallest absolute Gasteiger partial charge is 0.257 e. The number of para-hydroxylation sites is 1. The van der Waals surface area contributed by atoms with Crippen LogP contribution in [-0.2, 0) is 17.8 Å². The standard InChI is InChI=1S/C29H39N3O3/c1-22(2)18-25-21-35-27-13-7-6-12-26(27)29(34)30(3)15-8-9-16-32(25)28(33)20-31-17-14-23-10-4-5-11-24(23)19-31/h4-7,10-13,22,25H,8-9,14-21H2,1-3H3/t25-/m0/s1. The van der Waals surface area contributed by atoms with Gasteiger partial charge in [0.25, 0.3) is 5.91 Å². The Morgan fingerprint density at radius 3 is 2.51 bits per heavy atom. The highest BCUT2D eigenvalue weighted by atomic mass is 16.5. The summed E-state index contributed by atoms with van der Waals surface area (Å²) in [4.78, 5) is 32.8. The number of carbonyl (C=O) groups is 2. The Bertz CT molecular complexity index is 1020. The van der Waals surface area contributed by atoms with E-state index in [0.29, 0.717) is 43.5 Å². The number of nitrogens with zero attached hydrogens (tertiary/aromatic N) is 3. The van der Waals surface area contributed by atoms with Crippen molar-refractivity contribution in [3.8, 4) is 5.75 Å². The van der Waals surface area contributed by atoms with Crippen molar-refractivity contribution in [1.29, 1.82) is 0 Å². The first-order valence-corrected chi connectivity index (χ1v) is 13.0. The molecule has 2 amide bonds. The van der Waals surface area contributed by atoms with Crippen LogP contribution in [0.4, 0.5) is 0 Å². The fourth-order valence-electron chi connectivity index (χ4n) is 5.20. The number of hydrogen-bond acceptors (Lipinski definition) is 4. The predicted octanol–water partition coefficient (Wildman–Crippen LogP) is 4.23. The summed E-state index contributed by atoms with van der Waals surface area (Å²) in [6.45, 7) is 8.27. The number of fused-ring (bicyclic) bond motifs is 2. The van der Waals surface area contributed by atoms with Crippen molar-refractivity contribution in [2.24, 2.45) is 5.92 Å². The van der Waals surface area contributed by atoms with Crippen LogP contribution in [0.15, 0.2) is 48.5 Å². The Kier molecular flexibility index (Phi) is 8.45. The summed E-state index contributed by atoms with van der Waals surface area (Å²) >= 11 is 0. The molecule has 0 N–H and O–H groups in total. The van der Waals surface area contributed by atoms with Gasteiger partial charge in [-0.15, -0.1) is 0 Å². The molecule has 0 aliphatic carbocycles. The molecule has 0 aromatic heterocycles. The zero-order chi connectivity index (χ0) is 24.8. The van der Waals surface area contributed by atoms with Crippen LogP contribution in [0.5, 0.6) is 5.75 Å². The van der Waals surface area contributed by atoms with E-state index >= 15 is 0 Å². The summed E-state index contributed by atoms with van der Waals surface area (Å²) in [5.41, 5.74) is 3.31. The van der Waals surface area contributed by atoms with Gasteiger partial charge in [-0.2, -0.15) is 0 Å². The lowest BCUT2D eigenvalue weighted by Gasteiger charge is -2.36. The first kappa shape index (κ1) is 25.2. The fourth-order valence-corrected chi connectivity index (χ4v) is 5.20. The van der Waals surface area contributed by atoms with Gasteiger partial charge in [0, 0.05) is 33.2 Å². The molecule has 0 saturated carbocycles. The summed E-state index contributed by atoms with van der Waals surface area (Å²) in [6.07, 6.45) is 3.58. The maximum Gasteiger partial charge on any atom is 0.257 e. The molecule has 188 valence electrons. The number of amides is 2. The van der Waals surface area contributed by atoms with E-state index < -0.39 is 0 Å². The number of hydrogen-bond donors (Lipinski definition) is 0. The first-order valence-electron chi connectivity index (χ1n) is 13.0. The third kappa shape index (κ3) is 6.43. The molecular formula is C29H39N3O3. The average molecular weight is 478 g/mol. The van der Waals surface area contributed by atoms with Gasteiger partial charge in [-0.25, -0.2) is 0 Å². The Morgan fingerprint density at radius 1 is 1.00 bits per heavy atom. The minimum atomic E-state index is -0.0279. The predicted molar refractivity (Wildman–Crippen MR) is 139 cm³/mol. The van der Waals surface area contributed by atoms with Gasteiger partial charge in [-0.3, -0.25) is 14.5 Å². The van der Waals surface area contributed by atoms with E-state index in [0.717, 1.165) is 38.8 Å². The quantitative estimate of drug-likeness (QED) is 0.661. The molecule has 4 rings (SSSR count). The van der Waals surface area contributed by atoms with Crippen LogP contribution in [0.25, 0.3) is 0 Å². The molecule has 1 atom stereocenters. The van der Waals surface area contributed by atoms with Gasteiger partial charge >= 0.3 is 0 Å². The largest absolute Gasteiger partial charge is 0.491 e. The zero-order valence-corrected chi connectivity index (χ0v) is 21.4. The lowest BCUT2D eigenvalue weighted by molar-refractivity contribution is -0.136. The zero-order valence-electron chi connectivity index (χ0n) is 21.4. The molecular weight excluding hydrogens is 438 g/mol. The molecule has 0 bridgehead atoms. The van der Waals surface area contributed by atoms with E-state index in [1.54, 1.807) is 4.90 Å². The molecule has 0 unspecified atom stereocenters. The summed E-state index contributed by atoms with van der Waals surface area (Å²) in [7, 11) is 1.84. The fraction of sp³-hybridized carbons (Fsp3) is 0.517. The highest BCUT2D eigenvalue weighted by molar-refractivity contribution is 5.96. The molecule has 6 heteroatoms. The maximum absolute atomic E-state index is 13.7. The molecule has 0 radical (unpaired) electrons. The molecule has 0 spiro atoms. The van der Waals surface area contributed by atoms with Crippen LogP contribution >= 0.6 is 0 Å². The van der Waals surface area contributed by atoms with E-state index in [1.807, 2.05) is 31.3 Å². The molecule has 0 fully saturated rings. The minimum Gasteiger partial charge on any atom is -0.491 e. The molecule has 6 nitrogen and oxygen atoms in total. The van der Waals surface area contributed by atoms with Gasteiger partial charge in [0.1, 0.15) is 12.4 Å². The van der Waals surface area contributed by atoms with Crippen molar-refractivity contribution in [2.45, 2.75) is 52.1 Å². The average Bonchev–Trinajstić information content (AvgIpc) is 2.85. The van der Waals surface area contributed by atoms with Crippen LogP contribution in [-0.4, -0.2) is 72.4 Å².